The second-order valence-corrected chi connectivity index (χ2v) is 8.92. The van der Waals surface area contributed by atoms with Crippen molar-refractivity contribution in [2.75, 3.05) is 0 Å². The third-order valence-corrected chi connectivity index (χ3v) is 7.16. The molecule has 0 fully saturated rings. The Bertz CT molecular complexity index is 2280. The van der Waals surface area contributed by atoms with Crippen LogP contribution < -0.4 is 10.3 Å². The predicted octanol–water partition coefficient (Wildman–Crippen LogP) is 6.94. The molecule has 0 bridgehead atoms. The molecule has 7 aromatic rings. The molecule has 1 aliphatic heterocycles. The molecule has 0 spiro atoms. The number of nitrogens with zero attached hydrogens (tertiary/aromatic N) is 4. The van der Waals surface area contributed by atoms with Crippen molar-refractivity contribution in [1.29, 1.82) is 5.26 Å². The SMILES string of the molecule is [C-]#[N+]c1cc2c3c4c1Oc1ccccc1-c4c(C#N)cc3c(=O)n1c3cccc4cccc(nc21)c43. The van der Waals surface area contributed by atoms with E-state index in [1.807, 2.05) is 60.7 Å². The van der Waals surface area contributed by atoms with E-state index in [-0.39, 0.29) is 5.56 Å². The van der Waals surface area contributed by atoms with Crippen molar-refractivity contribution in [3.63, 3.8) is 0 Å². The van der Waals surface area contributed by atoms with Crippen molar-refractivity contribution < 1.29 is 4.74 Å². The van der Waals surface area contributed by atoms with Gasteiger partial charge in [-0.2, -0.15) is 5.26 Å². The zero-order chi connectivity index (χ0) is 24.1. The number of fused-ring (bicyclic) bond motifs is 5. The van der Waals surface area contributed by atoms with Gasteiger partial charge in [0.1, 0.15) is 17.1 Å². The first-order valence-electron chi connectivity index (χ1n) is 11.4. The molecule has 36 heavy (non-hydrogen) atoms. The molecule has 6 nitrogen and oxygen atoms in total. The highest BCUT2D eigenvalue weighted by Gasteiger charge is 2.29. The molecule has 3 heterocycles. The average Bonchev–Trinajstić information content (AvgIpc) is 2.92. The summed E-state index contributed by atoms with van der Waals surface area (Å²) in [6, 6.07) is 24.9. The van der Waals surface area contributed by atoms with Crippen LogP contribution in [0, 0.1) is 17.9 Å². The second kappa shape index (κ2) is 6.35. The van der Waals surface area contributed by atoms with Crippen molar-refractivity contribution in [2.45, 2.75) is 0 Å². The van der Waals surface area contributed by atoms with Crippen molar-refractivity contribution >= 4 is 54.7 Å². The third-order valence-electron chi connectivity index (χ3n) is 7.16. The molecule has 8 rings (SSSR count). The number of pyridine rings is 1. The highest BCUT2D eigenvalue weighted by atomic mass is 16.5. The van der Waals surface area contributed by atoms with Crippen LogP contribution >= 0.6 is 0 Å². The lowest BCUT2D eigenvalue weighted by atomic mass is 9.87. The van der Waals surface area contributed by atoms with Gasteiger partial charge in [-0.15, -0.1) is 0 Å². The fourth-order valence-corrected chi connectivity index (χ4v) is 5.73. The zero-order valence-electron chi connectivity index (χ0n) is 18.5. The van der Waals surface area contributed by atoms with Crippen LogP contribution in [0.4, 0.5) is 5.69 Å². The number of rotatable bonds is 0. The summed E-state index contributed by atoms with van der Waals surface area (Å²) in [5.74, 6) is 0.949. The zero-order valence-corrected chi connectivity index (χ0v) is 18.5. The summed E-state index contributed by atoms with van der Waals surface area (Å²) in [5.41, 5.74) is 3.85. The van der Waals surface area contributed by atoms with Crippen LogP contribution in [0.15, 0.2) is 77.6 Å². The summed E-state index contributed by atoms with van der Waals surface area (Å²) in [6.07, 6.45) is 0. The molecule has 0 saturated carbocycles. The van der Waals surface area contributed by atoms with Crippen molar-refractivity contribution in [1.82, 2.24) is 9.38 Å². The summed E-state index contributed by atoms with van der Waals surface area (Å²) in [5, 5.41) is 14.4. The highest BCUT2D eigenvalue weighted by Crippen LogP contribution is 2.54. The Kier molecular flexibility index (Phi) is 3.34. The fourth-order valence-electron chi connectivity index (χ4n) is 5.73. The van der Waals surface area contributed by atoms with Gasteiger partial charge in [0.25, 0.3) is 5.56 Å². The molecule has 164 valence electrons. The Morgan fingerprint density at radius 3 is 2.61 bits per heavy atom. The van der Waals surface area contributed by atoms with Crippen LogP contribution in [0.25, 0.3) is 65.0 Å². The van der Waals surface area contributed by atoms with E-state index in [0.717, 1.165) is 27.4 Å². The Labute approximate surface area is 203 Å². The van der Waals surface area contributed by atoms with Gasteiger partial charge in [0, 0.05) is 32.7 Å². The minimum atomic E-state index is -0.258. The fraction of sp³-hybridized carbons (Fsp3) is 0. The van der Waals surface area contributed by atoms with Crippen molar-refractivity contribution in [3.8, 4) is 28.7 Å². The van der Waals surface area contributed by atoms with E-state index in [9.17, 15) is 10.1 Å². The smallest absolute Gasteiger partial charge is 0.264 e. The molecule has 0 amide bonds. The lowest BCUT2D eigenvalue weighted by Crippen LogP contribution is -2.17. The van der Waals surface area contributed by atoms with Gasteiger partial charge in [0.05, 0.1) is 34.6 Å². The molecule has 1 aliphatic rings. The van der Waals surface area contributed by atoms with Gasteiger partial charge in [-0.3, -0.25) is 9.20 Å². The number of nitriles is 1. The topological polar surface area (TPSA) is 71.8 Å². The van der Waals surface area contributed by atoms with E-state index in [1.165, 1.54) is 0 Å². The van der Waals surface area contributed by atoms with Crippen LogP contribution in [0.2, 0.25) is 0 Å². The summed E-state index contributed by atoms with van der Waals surface area (Å²) in [7, 11) is 0. The quantitative estimate of drug-likeness (QED) is 0.140. The lowest BCUT2D eigenvalue weighted by molar-refractivity contribution is 0.490. The van der Waals surface area contributed by atoms with Crippen LogP contribution in [0.5, 0.6) is 11.5 Å². The van der Waals surface area contributed by atoms with Crippen LogP contribution in [0.3, 0.4) is 0 Å². The Morgan fingerprint density at radius 2 is 1.78 bits per heavy atom. The number of aromatic nitrogens is 2. The maximum absolute atomic E-state index is 14.1. The largest absolute Gasteiger partial charge is 0.467 e. The van der Waals surface area contributed by atoms with Gasteiger partial charge < -0.3 is 4.74 Å². The summed E-state index contributed by atoms with van der Waals surface area (Å²) >= 11 is 0. The minimum absolute atomic E-state index is 0.258. The summed E-state index contributed by atoms with van der Waals surface area (Å²) in [4.78, 5) is 22.8. The molecule has 0 saturated heterocycles. The number of benzene rings is 5. The minimum Gasteiger partial charge on any atom is -0.467 e. The van der Waals surface area contributed by atoms with E-state index in [2.05, 4.69) is 10.9 Å². The maximum atomic E-state index is 14.1. The van der Waals surface area contributed by atoms with E-state index in [1.54, 1.807) is 16.5 Å². The molecule has 0 aliphatic carbocycles. The number of hydrogen-bond acceptors (Lipinski definition) is 4. The van der Waals surface area contributed by atoms with E-state index in [0.29, 0.717) is 55.5 Å². The van der Waals surface area contributed by atoms with Crippen LogP contribution in [0.1, 0.15) is 5.56 Å². The first-order chi connectivity index (χ1) is 17.7. The number of ether oxygens (including phenoxy) is 1. The molecular formula is C30H12N4O2. The van der Waals surface area contributed by atoms with Gasteiger partial charge in [-0.05, 0) is 35.7 Å². The Balaban J connectivity index is 1.74. The van der Waals surface area contributed by atoms with Gasteiger partial charge in [0.2, 0.25) is 5.69 Å². The third kappa shape index (κ3) is 2.10. The molecular weight excluding hydrogens is 448 g/mol. The first-order valence-corrected chi connectivity index (χ1v) is 11.4. The van der Waals surface area contributed by atoms with E-state index in [4.69, 9.17) is 16.3 Å². The molecule has 0 unspecified atom stereocenters. The lowest BCUT2D eigenvalue weighted by Gasteiger charge is -2.25. The van der Waals surface area contributed by atoms with Gasteiger partial charge >= 0.3 is 0 Å². The summed E-state index contributed by atoms with van der Waals surface area (Å²) < 4.78 is 7.85. The predicted molar refractivity (Wildman–Crippen MR) is 139 cm³/mol. The second-order valence-electron chi connectivity index (χ2n) is 8.92. The number of hydrogen-bond donors (Lipinski definition) is 0. The molecule has 0 radical (unpaired) electrons. The monoisotopic (exact) mass is 460 g/mol. The van der Waals surface area contributed by atoms with Crippen molar-refractivity contribution in [2.24, 2.45) is 0 Å². The van der Waals surface area contributed by atoms with E-state index >= 15 is 0 Å². The molecule has 6 heteroatoms. The van der Waals surface area contributed by atoms with Gasteiger partial charge in [-0.1, -0.05) is 42.5 Å². The number of para-hydroxylation sites is 1. The average molecular weight is 460 g/mol. The molecule has 2 aromatic heterocycles. The Morgan fingerprint density at radius 1 is 0.944 bits per heavy atom. The first kappa shape index (κ1) is 18.9. The van der Waals surface area contributed by atoms with Gasteiger partial charge in [-0.25, -0.2) is 9.83 Å². The van der Waals surface area contributed by atoms with Gasteiger partial charge in [0.15, 0.2) is 0 Å². The normalized spacial score (nSPS) is 12.2. The molecule has 5 aromatic carbocycles. The van der Waals surface area contributed by atoms with Crippen LogP contribution in [-0.4, -0.2) is 9.38 Å². The van der Waals surface area contributed by atoms with E-state index < -0.39 is 0 Å². The summed E-state index contributed by atoms with van der Waals surface area (Å²) in [6.45, 7) is 7.92. The Hall–Kier alpha value is -5.46. The van der Waals surface area contributed by atoms with Crippen LogP contribution in [-0.2, 0) is 0 Å². The standard InChI is InChI=1S/C30H12N4O2/c1-32-21-13-18-26-19(12-16(14-31)24-17-8-2-3-11-23(17)36-28(21)27(24)26)30(35)34-22-10-5-7-15-6-4-9-20(25(15)22)33-29(18)34/h2-13H. The van der Waals surface area contributed by atoms with Crippen molar-refractivity contribution in [3.05, 3.63) is 100 Å². The highest BCUT2D eigenvalue weighted by molar-refractivity contribution is 6.25. The maximum Gasteiger partial charge on any atom is 0.264 e. The molecule has 0 atom stereocenters. The molecule has 0 N–H and O–H groups in total.